The molecule has 12 nitrogen and oxygen atoms in total. The average molecular weight is 1360 g/mol. The van der Waals surface area contributed by atoms with Crippen LogP contribution in [-0.4, -0.2) is 62.2 Å². The van der Waals surface area contributed by atoms with Gasteiger partial charge in [0, 0.05) is 11.1 Å². The fraction of sp³-hybridized carbons (Fsp3) is 0.228. The van der Waals surface area contributed by atoms with Gasteiger partial charge < -0.3 is 36.4 Å². The molecule has 0 N–H and O–H groups in total. The molecule has 0 amide bonds. The normalized spacial score (nSPS) is 12.7. The van der Waals surface area contributed by atoms with Gasteiger partial charge in [-0.15, -0.1) is 13.0 Å². The number of esters is 2. The standard InChI is InChI=1S/C25H26O2P.C23H32O2.C19H23O2.C10H12O2.2CO2.BrH.2Li/c1-3-27-25(26)21(2)19-20-28(22-13-7-4-8-14-22,23-15-9-5-10-16-23)24-17-11-6-12-18-24;1-7-19(3)15-11-16-20(4)13-9-10-14-21(5)17-12-18-22(6)23(24)25-8-2;1-5-6-7-11-16(2)12-8-9-13-17(3)14-10-15-18(4)19(20)21;1-9(7-11)5-3-4-6-10(2)8-12;2*2-1-3;;;/h4-19H,3,20H2,1-2H3;9-18H,7-8H2,1-6H3;6-15H,1-4H3,(H,20,21);3-8H,1-2H3;;;1H;;/q+1;;-1;;;;;2*+1/p-2/b21-19+;10-9+,16-11+,17-12+,19-15+,20-13+,21-14+,22-18+;9-8+,11-7+,14-10+,16-12+,17-13+,18-15+;4-3+,9-5+,10-6+;;;;;. The van der Waals surface area contributed by atoms with Gasteiger partial charge in [0.1, 0.15) is 35.7 Å². The summed E-state index contributed by atoms with van der Waals surface area (Å²) in [5.41, 5.74) is 8.62. The van der Waals surface area contributed by atoms with Crippen LogP contribution in [0.4, 0.5) is 0 Å². The molecule has 0 aliphatic heterocycles. The Hall–Kier alpha value is -8.41. The maximum Gasteiger partial charge on any atom is 1.00 e. The molecular formula is C79H92BrLi2O12P. The molecule has 0 radical (unpaired) electrons. The number of ether oxygens (including phenoxy) is 2. The van der Waals surface area contributed by atoms with Crippen LogP contribution in [0.3, 0.4) is 0 Å². The first-order valence-corrected chi connectivity index (χ1v) is 31.5. The van der Waals surface area contributed by atoms with E-state index in [2.05, 4.69) is 130 Å². The number of carboxylic acids is 1. The molecule has 0 saturated heterocycles. The first kappa shape index (κ1) is 97.7. The van der Waals surface area contributed by atoms with Crippen LogP contribution in [-0.2, 0) is 52.6 Å². The van der Waals surface area contributed by atoms with E-state index in [9.17, 15) is 29.1 Å². The van der Waals surface area contributed by atoms with E-state index in [-0.39, 0.29) is 84.5 Å². The van der Waals surface area contributed by atoms with Crippen LogP contribution in [0.1, 0.15) is 103 Å². The summed E-state index contributed by atoms with van der Waals surface area (Å²) in [5.74, 6) is -1.66. The topological polar surface area (TPSA) is 195 Å². The molecule has 0 saturated carbocycles. The van der Waals surface area contributed by atoms with E-state index in [1.807, 2.05) is 139 Å². The van der Waals surface area contributed by atoms with Crippen molar-refractivity contribution in [3.8, 4) is 0 Å². The number of benzene rings is 3. The minimum atomic E-state index is -1.95. The Morgan fingerprint density at radius 2 is 0.737 bits per heavy atom. The Bertz CT molecular complexity index is 3230. The summed E-state index contributed by atoms with van der Waals surface area (Å²) in [6.07, 6.45) is 54.4. The fourth-order valence-corrected chi connectivity index (χ4v) is 10.9. The summed E-state index contributed by atoms with van der Waals surface area (Å²) >= 11 is 0. The fourth-order valence-electron chi connectivity index (χ4n) is 6.81. The molecular weight excluding hydrogens is 1270 g/mol. The van der Waals surface area contributed by atoms with Crippen LogP contribution >= 0.6 is 7.26 Å². The Kier molecular flexibility index (Phi) is 67.5. The second-order valence-corrected chi connectivity index (χ2v) is 23.1. The number of hydrogen-bond donors (Lipinski definition) is 0. The number of carbonyl (C=O) groups is 5. The minimum Gasteiger partial charge on any atom is -1.00 e. The van der Waals surface area contributed by atoms with Gasteiger partial charge in [-0.1, -0.05) is 217 Å². The zero-order valence-corrected chi connectivity index (χ0v) is 60.8. The average Bonchev–Trinajstić information content (AvgIpc) is 0.761. The Balaban J connectivity index is -0.000000275. The first-order chi connectivity index (χ1) is 44.1. The summed E-state index contributed by atoms with van der Waals surface area (Å²) in [6.45, 7) is 27.2. The number of aldehydes is 2. The van der Waals surface area contributed by atoms with Crippen LogP contribution in [0, 0.1) is 6.08 Å². The Morgan fingerprint density at radius 3 is 1.03 bits per heavy atom. The largest absolute Gasteiger partial charge is 1.00 e. The van der Waals surface area contributed by atoms with Gasteiger partial charge in [0.15, 0.2) is 0 Å². The Labute approximate surface area is 601 Å². The molecule has 494 valence electrons. The maximum absolute atomic E-state index is 12.2. The first-order valence-electron chi connectivity index (χ1n) is 29.5. The molecule has 0 unspecified atom stereocenters. The molecule has 0 fully saturated rings. The van der Waals surface area contributed by atoms with Gasteiger partial charge in [0.05, 0.1) is 25.3 Å². The third-order valence-corrected chi connectivity index (χ3v) is 16.2. The van der Waals surface area contributed by atoms with Crippen molar-refractivity contribution in [1.82, 2.24) is 0 Å². The van der Waals surface area contributed by atoms with Crippen molar-refractivity contribution in [3.63, 3.8) is 0 Å². The summed E-state index contributed by atoms with van der Waals surface area (Å²) in [5, 5.41) is 14.4. The molecule has 3 aromatic carbocycles. The molecule has 0 aliphatic carbocycles. The molecule has 0 heterocycles. The van der Waals surface area contributed by atoms with Gasteiger partial charge in [-0.3, -0.25) is 15.7 Å². The van der Waals surface area contributed by atoms with Gasteiger partial charge in [0.25, 0.3) is 0 Å². The summed E-state index contributed by atoms with van der Waals surface area (Å²) in [4.78, 5) is 86.9. The van der Waals surface area contributed by atoms with E-state index in [1.54, 1.807) is 64.2 Å². The quantitative estimate of drug-likeness (QED) is 0.0160. The van der Waals surface area contributed by atoms with Crippen molar-refractivity contribution in [2.24, 2.45) is 0 Å². The van der Waals surface area contributed by atoms with Gasteiger partial charge in [0.2, 0.25) is 0 Å². The van der Waals surface area contributed by atoms with Crippen LogP contribution < -0.4 is 75.7 Å². The molecule has 3 aromatic rings. The van der Waals surface area contributed by atoms with Crippen LogP contribution in [0.2, 0.25) is 0 Å². The van der Waals surface area contributed by atoms with E-state index < -0.39 is 13.2 Å². The molecule has 0 bridgehead atoms. The van der Waals surface area contributed by atoms with E-state index in [4.69, 9.17) is 28.7 Å². The van der Waals surface area contributed by atoms with E-state index in [0.29, 0.717) is 35.5 Å². The molecule has 95 heavy (non-hydrogen) atoms. The third kappa shape index (κ3) is 51.7. The Morgan fingerprint density at radius 1 is 0.442 bits per heavy atom. The van der Waals surface area contributed by atoms with Gasteiger partial charge in [-0.25, -0.2) is 21.7 Å². The molecule has 16 heteroatoms. The van der Waals surface area contributed by atoms with E-state index in [0.717, 1.165) is 41.9 Å². The van der Waals surface area contributed by atoms with Crippen LogP contribution in [0.25, 0.3) is 0 Å². The monoisotopic (exact) mass is 1360 g/mol. The van der Waals surface area contributed by atoms with Gasteiger partial charge >= 0.3 is 62.0 Å². The number of allylic oxidation sites excluding steroid dienone is 33. The third-order valence-electron chi connectivity index (χ3n) is 12.0. The molecule has 0 aliphatic rings. The number of carbonyl (C=O) groups excluding carboxylic acids is 9. The van der Waals surface area contributed by atoms with Crippen molar-refractivity contribution in [3.05, 3.63) is 305 Å². The van der Waals surface area contributed by atoms with Crippen molar-refractivity contribution >= 4 is 66.0 Å². The molecule has 0 spiro atoms. The van der Waals surface area contributed by atoms with Crippen molar-refractivity contribution in [2.45, 2.75) is 103 Å². The smallest absolute Gasteiger partial charge is 1.00 e. The predicted molar refractivity (Wildman–Crippen MR) is 376 cm³/mol. The number of hydrogen-bond acceptors (Lipinski definition) is 12. The van der Waals surface area contributed by atoms with Crippen LogP contribution in [0.5, 0.6) is 0 Å². The van der Waals surface area contributed by atoms with Crippen molar-refractivity contribution in [2.75, 3.05) is 19.4 Å². The predicted octanol–water partition coefficient (Wildman–Crippen LogP) is 6.20. The van der Waals surface area contributed by atoms with E-state index >= 15 is 0 Å². The van der Waals surface area contributed by atoms with Crippen LogP contribution in [0.15, 0.2) is 299 Å². The van der Waals surface area contributed by atoms with Gasteiger partial charge in [-0.05, 0) is 149 Å². The zero-order valence-electron chi connectivity index (χ0n) is 58.3. The van der Waals surface area contributed by atoms with Crippen molar-refractivity contribution < 1.29 is 112 Å². The number of aliphatic carboxylic acids is 1. The molecule has 0 aromatic heterocycles. The number of halogens is 1. The minimum absolute atomic E-state index is 0. The summed E-state index contributed by atoms with van der Waals surface area (Å²) < 4.78 is 10.1. The zero-order chi connectivity index (χ0) is 69.8. The SMILES string of the molecule is CCOC(=O)/C(C)=C/C=C/C(C)=C/C=C/C=C(C)/C=C/C=C(\C)CC.CCOC(=O)/C(C)=C/C[P+](c1ccccc1)(c1ccccc1)c1ccccc1.C[C-]=C/C=C/C(C)=C/C=C/C=C(C)/C=C/C=C(\C)C(=O)[O-].C\C(C=O)=C/C=C/C=C(\C)C=O.O=C=O.O=C=O.[Br-].[Li+].[Li+]. The maximum atomic E-state index is 12.2. The van der Waals surface area contributed by atoms with Gasteiger partial charge in [-0.2, -0.15) is 19.2 Å². The van der Waals surface area contributed by atoms with E-state index in [1.165, 1.54) is 40.1 Å². The number of rotatable bonds is 27. The second kappa shape index (κ2) is 65.6. The van der Waals surface area contributed by atoms with Crippen molar-refractivity contribution in [1.29, 1.82) is 0 Å². The number of carboxylic acid groups (broad SMARTS) is 1. The summed E-state index contributed by atoms with van der Waals surface area (Å²) in [6, 6.07) is 32.0. The molecule has 0 atom stereocenters. The summed E-state index contributed by atoms with van der Waals surface area (Å²) in [7, 11) is -1.95. The second-order valence-electron chi connectivity index (χ2n) is 19.6. The molecule has 3 rings (SSSR count).